The van der Waals surface area contributed by atoms with Crippen molar-refractivity contribution in [3.05, 3.63) is 155 Å². The van der Waals surface area contributed by atoms with Gasteiger partial charge in [0.2, 0.25) is 0 Å². The van der Waals surface area contributed by atoms with E-state index >= 15 is 0 Å². The largest absolute Gasteiger partial charge is 0.261 e. The Kier molecular flexibility index (Phi) is 10.4. The molecule has 1 heterocycles. The molecule has 4 aromatic carbocycles. The maximum absolute atomic E-state index is 5.67. The van der Waals surface area contributed by atoms with Gasteiger partial charge in [0.25, 0.3) is 0 Å². The van der Waals surface area contributed by atoms with E-state index in [0.29, 0.717) is 23.7 Å². The van der Waals surface area contributed by atoms with E-state index in [1.165, 1.54) is 22.3 Å². The molecule has 0 bridgehead atoms. The average molecular weight is 609 g/mol. The second-order valence-electron chi connectivity index (χ2n) is 13.2. The van der Waals surface area contributed by atoms with Crippen molar-refractivity contribution < 1.29 is 0 Å². The number of rotatable bonds is 9. The lowest BCUT2D eigenvalue weighted by Crippen LogP contribution is -2.46. The minimum Gasteiger partial charge on any atom is -0.261 e. The van der Waals surface area contributed by atoms with Gasteiger partial charge in [0.1, 0.15) is 0 Å². The maximum atomic E-state index is 5.67. The Hall–Kier alpha value is -4.70. The molecule has 236 valence electrons. The summed E-state index contributed by atoms with van der Waals surface area (Å²) in [6.45, 7) is 18.0. The van der Waals surface area contributed by atoms with Crippen LogP contribution in [0.4, 0.5) is 11.4 Å². The Morgan fingerprint density at radius 1 is 0.435 bits per heavy atom. The van der Waals surface area contributed by atoms with E-state index in [2.05, 4.69) is 187 Å². The molecule has 0 unspecified atom stereocenters. The molecule has 0 amide bonds. The molecule has 46 heavy (non-hydrogen) atoms. The molecule has 5 rings (SSSR count). The Bertz CT molecular complexity index is 1610. The Morgan fingerprint density at radius 2 is 0.761 bits per heavy atom. The number of aromatic nitrogens is 1. The molecule has 0 radical (unpaired) electrons. The maximum Gasteiger partial charge on any atom is 0.162 e. The van der Waals surface area contributed by atoms with Crippen LogP contribution in [0.5, 0.6) is 0 Å². The van der Waals surface area contributed by atoms with Gasteiger partial charge in [-0.05, 0) is 58.1 Å². The van der Waals surface area contributed by atoms with Gasteiger partial charge >= 0.3 is 0 Å². The van der Waals surface area contributed by atoms with Crippen LogP contribution in [0.2, 0.25) is 0 Å². The molecule has 0 fully saturated rings. The van der Waals surface area contributed by atoms with Crippen LogP contribution >= 0.6 is 0 Å². The van der Waals surface area contributed by atoms with Gasteiger partial charge in [0, 0.05) is 23.5 Å². The summed E-state index contributed by atoms with van der Waals surface area (Å²) in [7, 11) is 0. The van der Waals surface area contributed by atoms with E-state index in [1.54, 1.807) is 0 Å². The highest BCUT2D eigenvalue weighted by atomic mass is 15.6. The molecular formula is C42H48N4. The van der Waals surface area contributed by atoms with Crippen molar-refractivity contribution in [2.45, 2.75) is 79.1 Å². The number of benzene rings is 4. The molecule has 0 saturated heterocycles. The second-order valence-corrected chi connectivity index (χ2v) is 13.2. The molecule has 5 aromatic rings. The fourth-order valence-corrected chi connectivity index (χ4v) is 5.91. The molecule has 4 heteroatoms. The van der Waals surface area contributed by atoms with E-state index < -0.39 is 0 Å². The van der Waals surface area contributed by atoms with Crippen LogP contribution in [-0.2, 0) is 0 Å². The lowest BCUT2D eigenvalue weighted by molar-refractivity contribution is 0.828. The van der Waals surface area contributed by atoms with E-state index in [1.807, 2.05) is 0 Å². The Morgan fingerprint density at radius 3 is 1.07 bits per heavy atom. The van der Waals surface area contributed by atoms with Gasteiger partial charge in [0.05, 0.1) is 11.4 Å². The van der Waals surface area contributed by atoms with Crippen molar-refractivity contribution in [2.75, 3.05) is 5.01 Å². The first-order chi connectivity index (χ1) is 22.2. The Labute approximate surface area is 276 Å². The summed E-state index contributed by atoms with van der Waals surface area (Å²) in [5.74, 6) is 2.85. The second kappa shape index (κ2) is 14.6. The zero-order valence-corrected chi connectivity index (χ0v) is 28.6. The van der Waals surface area contributed by atoms with Crippen LogP contribution in [0.25, 0.3) is 0 Å². The smallest absolute Gasteiger partial charge is 0.162 e. The van der Waals surface area contributed by atoms with Gasteiger partial charge in [-0.3, -0.25) is 4.68 Å². The van der Waals surface area contributed by atoms with E-state index in [0.717, 1.165) is 34.2 Å². The third kappa shape index (κ3) is 7.07. The number of amidine groups is 2. The molecule has 0 N–H and O–H groups in total. The van der Waals surface area contributed by atoms with Crippen molar-refractivity contribution in [3.63, 3.8) is 0 Å². The number of hydrogen-bond acceptors (Lipinski definition) is 2. The summed E-state index contributed by atoms with van der Waals surface area (Å²) in [5, 5.41) is 2.19. The van der Waals surface area contributed by atoms with Crippen molar-refractivity contribution in [3.8, 4) is 0 Å². The standard InChI is InChI=1S/C42H48N4/c1-29(2)35-23-17-24-36(30(3)4)39(35)43-41(33-19-11-9-12-20-33)46(45-27-15-16-28-45)42(34-21-13-10-14-22-34)44-40-37(31(5)6)25-18-26-38(40)32(7)8/h9-32H,1-8H3. The molecule has 0 aliphatic rings. The van der Waals surface area contributed by atoms with Gasteiger partial charge < -0.3 is 0 Å². The minimum atomic E-state index is 0.309. The highest BCUT2D eigenvalue weighted by Gasteiger charge is 2.26. The molecule has 0 aliphatic carbocycles. The fraction of sp³-hybridized carbons (Fsp3) is 0.286. The fourth-order valence-electron chi connectivity index (χ4n) is 5.91. The number of aliphatic imine (C=N–C) groups is 2. The first-order valence-corrected chi connectivity index (χ1v) is 16.6. The van der Waals surface area contributed by atoms with Crippen LogP contribution in [0.15, 0.2) is 132 Å². The van der Waals surface area contributed by atoms with Crippen molar-refractivity contribution >= 4 is 23.0 Å². The third-order valence-corrected chi connectivity index (χ3v) is 8.41. The van der Waals surface area contributed by atoms with Crippen LogP contribution < -0.4 is 5.01 Å². The van der Waals surface area contributed by atoms with Gasteiger partial charge in [-0.1, -0.05) is 152 Å². The third-order valence-electron chi connectivity index (χ3n) is 8.41. The topological polar surface area (TPSA) is 32.9 Å². The summed E-state index contributed by atoms with van der Waals surface area (Å²) in [6, 6.07) is 38.4. The van der Waals surface area contributed by atoms with Gasteiger partial charge in [-0.25, -0.2) is 15.0 Å². The first kappa shape index (κ1) is 32.7. The molecule has 0 saturated carbocycles. The molecule has 0 aliphatic heterocycles. The van der Waals surface area contributed by atoms with Crippen LogP contribution in [0.3, 0.4) is 0 Å². The quantitative estimate of drug-likeness (QED) is 0.121. The van der Waals surface area contributed by atoms with Crippen LogP contribution in [0, 0.1) is 0 Å². The van der Waals surface area contributed by atoms with Crippen molar-refractivity contribution in [1.29, 1.82) is 0 Å². The monoisotopic (exact) mass is 608 g/mol. The van der Waals surface area contributed by atoms with Crippen molar-refractivity contribution in [2.24, 2.45) is 9.98 Å². The SMILES string of the molecule is CC(C)c1cccc(C(C)C)c1N=C(c1ccccc1)N(C(=Nc1c(C(C)C)cccc1C(C)C)c1ccccc1)n1cccc1. The predicted molar refractivity (Wildman–Crippen MR) is 197 cm³/mol. The molecule has 0 spiro atoms. The lowest BCUT2D eigenvalue weighted by atomic mass is 9.92. The lowest BCUT2D eigenvalue weighted by Gasteiger charge is -2.30. The van der Waals surface area contributed by atoms with Gasteiger partial charge in [-0.15, -0.1) is 0 Å². The summed E-state index contributed by atoms with van der Waals surface area (Å²) in [6.07, 6.45) is 4.15. The Balaban J connectivity index is 1.93. The summed E-state index contributed by atoms with van der Waals surface area (Å²) >= 11 is 0. The average Bonchev–Trinajstić information content (AvgIpc) is 3.59. The zero-order chi connectivity index (χ0) is 32.8. The summed E-state index contributed by atoms with van der Waals surface area (Å²) < 4.78 is 2.11. The molecule has 0 atom stereocenters. The number of hydrogen-bond donors (Lipinski definition) is 0. The van der Waals surface area contributed by atoms with E-state index in [-0.39, 0.29) is 0 Å². The van der Waals surface area contributed by atoms with Crippen molar-refractivity contribution in [1.82, 2.24) is 4.68 Å². The predicted octanol–water partition coefficient (Wildman–Crippen LogP) is 11.5. The van der Waals surface area contributed by atoms with Gasteiger partial charge in [-0.2, -0.15) is 0 Å². The molecule has 1 aromatic heterocycles. The summed E-state index contributed by atoms with van der Waals surface area (Å²) in [4.78, 5) is 11.3. The number of nitrogens with zero attached hydrogens (tertiary/aromatic N) is 4. The normalized spacial score (nSPS) is 12.5. The number of para-hydroxylation sites is 2. The van der Waals surface area contributed by atoms with E-state index in [9.17, 15) is 0 Å². The van der Waals surface area contributed by atoms with Crippen LogP contribution in [0.1, 0.15) is 112 Å². The highest BCUT2D eigenvalue weighted by molar-refractivity contribution is 6.26. The van der Waals surface area contributed by atoms with E-state index in [4.69, 9.17) is 9.98 Å². The zero-order valence-electron chi connectivity index (χ0n) is 28.6. The van der Waals surface area contributed by atoms with Crippen LogP contribution in [-0.4, -0.2) is 16.3 Å². The summed E-state index contributed by atoms with van der Waals surface area (Å²) in [5.41, 5.74) is 9.01. The highest BCUT2D eigenvalue weighted by Crippen LogP contribution is 2.37. The van der Waals surface area contributed by atoms with Gasteiger partial charge in [0.15, 0.2) is 11.7 Å². The molecular weight excluding hydrogens is 560 g/mol. The molecule has 4 nitrogen and oxygen atoms in total. The first-order valence-electron chi connectivity index (χ1n) is 16.6. The minimum absolute atomic E-state index is 0.309.